The lowest BCUT2D eigenvalue weighted by molar-refractivity contribution is 0.602. The van der Waals surface area contributed by atoms with Crippen molar-refractivity contribution in [1.82, 2.24) is 30.1 Å². The number of aromatic nitrogens is 6. The van der Waals surface area contributed by atoms with E-state index in [1.54, 1.807) is 43.0 Å². The molecule has 0 saturated heterocycles. The van der Waals surface area contributed by atoms with Crippen molar-refractivity contribution in [3.8, 4) is 22.8 Å². The first-order valence-electron chi connectivity index (χ1n) is 8.90. The summed E-state index contributed by atoms with van der Waals surface area (Å²) in [5, 5.41) is 10.5. The summed E-state index contributed by atoms with van der Waals surface area (Å²) < 4.78 is 23.2. The fraction of sp³-hybridized carbons (Fsp3) is 0.158. The van der Waals surface area contributed by atoms with Crippen LogP contribution in [0.5, 0.6) is 0 Å². The molecule has 0 saturated carbocycles. The summed E-state index contributed by atoms with van der Waals surface area (Å²) >= 11 is 0. The second-order valence-corrected chi connectivity index (χ2v) is 8.47. The number of rotatable bonds is 7. The number of hydrogen-bond donors (Lipinski definition) is 3. The molecule has 0 aliphatic rings. The van der Waals surface area contributed by atoms with E-state index in [9.17, 15) is 8.42 Å². The Morgan fingerprint density at radius 3 is 2.69 bits per heavy atom. The van der Waals surface area contributed by atoms with Gasteiger partial charge in [-0.2, -0.15) is 5.10 Å². The van der Waals surface area contributed by atoms with E-state index in [-0.39, 0.29) is 4.90 Å². The molecule has 0 radical (unpaired) electrons. The zero-order chi connectivity index (χ0) is 20.3. The number of nitrogens with zero attached hydrogens (tertiary/aromatic N) is 4. The highest BCUT2D eigenvalue weighted by atomic mass is 32.2. The van der Waals surface area contributed by atoms with Gasteiger partial charge in [0, 0.05) is 42.9 Å². The van der Waals surface area contributed by atoms with Gasteiger partial charge in [0.15, 0.2) is 21.5 Å². The van der Waals surface area contributed by atoms with Crippen LogP contribution in [0.25, 0.3) is 22.8 Å². The second kappa shape index (κ2) is 7.84. The molecule has 0 aliphatic carbocycles. The van der Waals surface area contributed by atoms with Gasteiger partial charge in [0.25, 0.3) is 0 Å². The molecule has 0 amide bonds. The Balaban J connectivity index is 1.53. The van der Waals surface area contributed by atoms with E-state index in [0.717, 1.165) is 23.2 Å². The van der Waals surface area contributed by atoms with Crippen LogP contribution in [0.1, 0.15) is 5.69 Å². The molecular formula is C19H19N7O2S. The number of hydrogen-bond acceptors (Lipinski definition) is 7. The molecule has 0 fully saturated rings. The van der Waals surface area contributed by atoms with Crippen LogP contribution >= 0.6 is 0 Å². The van der Waals surface area contributed by atoms with Crippen molar-refractivity contribution >= 4 is 15.7 Å². The fourth-order valence-corrected chi connectivity index (χ4v) is 3.47. The Morgan fingerprint density at radius 2 is 1.97 bits per heavy atom. The zero-order valence-electron chi connectivity index (χ0n) is 15.6. The van der Waals surface area contributed by atoms with Crippen molar-refractivity contribution in [2.24, 2.45) is 0 Å². The van der Waals surface area contributed by atoms with Crippen LogP contribution in [-0.2, 0) is 16.3 Å². The molecule has 0 unspecified atom stereocenters. The van der Waals surface area contributed by atoms with E-state index in [2.05, 4.69) is 35.5 Å². The Morgan fingerprint density at radius 1 is 1.14 bits per heavy atom. The van der Waals surface area contributed by atoms with Crippen molar-refractivity contribution in [1.29, 1.82) is 0 Å². The smallest absolute Gasteiger partial charge is 0.181 e. The molecular weight excluding hydrogens is 390 g/mol. The molecule has 3 aromatic heterocycles. The third-order valence-corrected chi connectivity index (χ3v) is 5.46. The third-order valence-electron chi connectivity index (χ3n) is 4.33. The maximum atomic E-state index is 11.6. The average molecular weight is 409 g/mol. The van der Waals surface area contributed by atoms with Gasteiger partial charge in [-0.15, -0.1) is 0 Å². The van der Waals surface area contributed by atoms with Crippen molar-refractivity contribution in [3.63, 3.8) is 0 Å². The largest absolute Gasteiger partial charge is 0.369 e. The predicted molar refractivity (Wildman–Crippen MR) is 109 cm³/mol. The first-order chi connectivity index (χ1) is 14.0. The van der Waals surface area contributed by atoms with Gasteiger partial charge in [-0.1, -0.05) is 0 Å². The van der Waals surface area contributed by atoms with Crippen LogP contribution in [0.4, 0.5) is 5.82 Å². The lowest BCUT2D eigenvalue weighted by Crippen LogP contribution is -2.07. The first-order valence-corrected chi connectivity index (χ1v) is 10.8. The lowest BCUT2D eigenvalue weighted by atomic mass is 10.2. The molecule has 4 aromatic rings. The number of benzene rings is 1. The number of pyridine rings is 1. The summed E-state index contributed by atoms with van der Waals surface area (Å²) in [4.78, 5) is 16.3. The molecule has 3 heterocycles. The quantitative estimate of drug-likeness (QED) is 0.427. The van der Waals surface area contributed by atoms with Crippen molar-refractivity contribution in [2.45, 2.75) is 11.3 Å². The SMILES string of the molecule is CS(=O)(=O)c1ccc(-c2n[nH]c(-c3cccnc3NCCc3cnc[nH]3)n2)cc1. The minimum absolute atomic E-state index is 0.257. The van der Waals surface area contributed by atoms with E-state index in [1.807, 2.05) is 12.1 Å². The van der Waals surface area contributed by atoms with Crippen LogP contribution in [0.3, 0.4) is 0 Å². The van der Waals surface area contributed by atoms with Gasteiger partial charge in [-0.05, 0) is 36.4 Å². The summed E-state index contributed by atoms with van der Waals surface area (Å²) in [6, 6.07) is 10.2. The van der Waals surface area contributed by atoms with Crippen LogP contribution in [0, 0.1) is 0 Å². The van der Waals surface area contributed by atoms with Gasteiger partial charge >= 0.3 is 0 Å². The summed E-state index contributed by atoms with van der Waals surface area (Å²) in [5.41, 5.74) is 2.55. The Labute approximate surface area is 167 Å². The topological polar surface area (TPSA) is 129 Å². The molecule has 0 aliphatic heterocycles. The van der Waals surface area contributed by atoms with Crippen molar-refractivity contribution < 1.29 is 8.42 Å². The highest BCUT2D eigenvalue weighted by molar-refractivity contribution is 7.90. The second-order valence-electron chi connectivity index (χ2n) is 6.46. The number of imidazole rings is 1. The van der Waals surface area contributed by atoms with Crippen LogP contribution in [0.2, 0.25) is 0 Å². The highest BCUT2D eigenvalue weighted by Crippen LogP contribution is 2.25. The monoisotopic (exact) mass is 409 g/mol. The lowest BCUT2D eigenvalue weighted by Gasteiger charge is -2.08. The van der Waals surface area contributed by atoms with E-state index in [0.29, 0.717) is 24.0 Å². The molecule has 1 aromatic carbocycles. The Bertz CT molecular complexity index is 1200. The third kappa shape index (κ3) is 4.32. The number of anilines is 1. The maximum absolute atomic E-state index is 11.6. The molecule has 10 heteroatoms. The zero-order valence-corrected chi connectivity index (χ0v) is 16.4. The Hall–Kier alpha value is -3.53. The van der Waals surface area contributed by atoms with Crippen LogP contribution < -0.4 is 5.32 Å². The van der Waals surface area contributed by atoms with Gasteiger partial charge in [0.1, 0.15) is 5.82 Å². The molecule has 9 nitrogen and oxygen atoms in total. The summed E-state index contributed by atoms with van der Waals surface area (Å²) in [7, 11) is -3.24. The molecule has 148 valence electrons. The van der Waals surface area contributed by atoms with Crippen molar-refractivity contribution in [2.75, 3.05) is 18.1 Å². The summed E-state index contributed by atoms with van der Waals surface area (Å²) in [5.74, 6) is 1.75. The van der Waals surface area contributed by atoms with Crippen LogP contribution in [0.15, 0.2) is 60.0 Å². The average Bonchev–Trinajstić information content (AvgIpc) is 3.40. The molecule has 4 rings (SSSR count). The first kappa shape index (κ1) is 18.8. The van der Waals surface area contributed by atoms with Crippen LogP contribution in [-0.4, -0.2) is 51.4 Å². The van der Waals surface area contributed by atoms with Gasteiger partial charge in [-0.25, -0.2) is 23.4 Å². The minimum atomic E-state index is -3.24. The normalized spacial score (nSPS) is 11.5. The highest BCUT2D eigenvalue weighted by Gasteiger charge is 2.13. The maximum Gasteiger partial charge on any atom is 0.181 e. The number of H-pyrrole nitrogens is 2. The van der Waals surface area contributed by atoms with Gasteiger partial charge < -0.3 is 10.3 Å². The molecule has 0 bridgehead atoms. The number of sulfone groups is 1. The van der Waals surface area contributed by atoms with Crippen molar-refractivity contribution in [3.05, 3.63) is 60.8 Å². The predicted octanol–water partition coefficient (Wildman–Crippen LogP) is 2.31. The standard InChI is InChI=1S/C19H19N7O2S/c1-29(27,28)15-6-4-13(5-7-15)17-24-19(26-25-17)16-3-2-9-21-18(16)22-10-8-14-11-20-12-23-14/h2-7,9,11-12H,8,10H2,1H3,(H,20,23)(H,21,22)(H,24,25,26). The molecule has 3 N–H and O–H groups in total. The van der Waals surface area contributed by atoms with E-state index in [1.165, 1.54) is 6.26 Å². The van der Waals surface area contributed by atoms with E-state index < -0.39 is 9.84 Å². The molecule has 0 atom stereocenters. The van der Waals surface area contributed by atoms with E-state index in [4.69, 9.17) is 0 Å². The number of nitrogens with one attached hydrogen (secondary N) is 3. The molecule has 0 spiro atoms. The summed E-state index contributed by atoms with van der Waals surface area (Å²) in [6.07, 6.45) is 7.11. The van der Waals surface area contributed by atoms with Gasteiger partial charge in [0.05, 0.1) is 16.8 Å². The molecule has 29 heavy (non-hydrogen) atoms. The van der Waals surface area contributed by atoms with Gasteiger partial charge in [0.2, 0.25) is 0 Å². The van der Waals surface area contributed by atoms with Gasteiger partial charge in [-0.3, -0.25) is 5.10 Å². The number of aromatic amines is 2. The fourth-order valence-electron chi connectivity index (χ4n) is 2.84. The summed E-state index contributed by atoms with van der Waals surface area (Å²) in [6.45, 7) is 0.681. The van der Waals surface area contributed by atoms with E-state index >= 15 is 0 Å². The Kier molecular flexibility index (Phi) is 5.09. The minimum Gasteiger partial charge on any atom is -0.369 e.